The monoisotopic (exact) mass is 457 g/mol. The summed E-state index contributed by atoms with van der Waals surface area (Å²) in [4.78, 5) is 35.3. The van der Waals surface area contributed by atoms with E-state index in [0.29, 0.717) is 32.3 Å². The molecule has 0 unspecified atom stereocenters. The first kappa shape index (κ1) is 19.9. The predicted octanol–water partition coefficient (Wildman–Crippen LogP) is 3.48. The smallest absolute Gasteiger partial charge is 0.417 e. The highest BCUT2D eigenvalue weighted by Crippen LogP contribution is 2.28. The Labute approximate surface area is 163 Å². The molecule has 146 valence electrons. The normalized spacial score (nSPS) is 11.6. The Morgan fingerprint density at radius 2 is 1.89 bits per heavy atom. The van der Waals surface area contributed by atoms with E-state index in [2.05, 4.69) is 15.9 Å². The van der Waals surface area contributed by atoms with Crippen LogP contribution >= 0.6 is 15.9 Å². The average Bonchev–Trinajstić information content (AvgIpc) is 2.60. The molecule has 0 fully saturated rings. The number of benzene rings is 1. The summed E-state index contributed by atoms with van der Waals surface area (Å²) in [6.07, 6.45) is -4.10. The van der Waals surface area contributed by atoms with Crippen LogP contribution in [0.5, 0.6) is 0 Å². The summed E-state index contributed by atoms with van der Waals surface area (Å²) in [5.74, 6) is -0.931. The number of carbonyl (C=O) groups excluding carboxylic acids is 1. The molecule has 10 heteroatoms. The molecule has 0 saturated carbocycles. The number of rotatable bonds is 4. The number of nitrogens with zero attached hydrogens (tertiary/aromatic N) is 1. The first-order valence-electron chi connectivity index (χ1n) is 7.79. The maximum absolute atomic E-state index is 12.7. The van der Waals surface area contributed by atoms with Crippen LogP contribution in [-0.4, -0.2) is 10.5 Å². The van der Waals surface area contributed by atoms with Crippen molar-refractivity contribution in [3.8, 4) is 0 Å². The Morgan fingerprint density at radius 1 is 1.14 bits per heavy atom. The first-order chi connectivity index (χ1) is 13.1. The summed E-state index contributed by atoms with van der Waals surface area (Å²) in [7, 11) is 0. The quantitative estimate of drug-likeness (QED) is 0.442. The average molecular weight is 458 g/mol. The summed E-state index contributed by atoms with van der Waals surface area (Å²) in [5.41, 5.74) is -1.84. The summed E-state index contributed by atoms with van der Waals surface area (Å²) in [6, 6.07) is 7.45. The highest BCUT2D eigenvalue weighted by atomic mass is 79.9. The van der Waals surface area contributed by atoms with Gasteiger partial charge in [0.05, 0.1) is 5.56 Å². The van der Waals surface area contributed by atoms with Gasteiger partial charge in [-0.25, -0.2) is 4.79 Å². The lowest BCUT2D eigenvalue weighted by atomic mass is 10.1. The molecule has 0 aliphatic carbocycles. The van der Waals surface area contributed by atoms with Gasteiger partial charge in [0, 0.05) is 33.8 Å². The van der Waals surface area contributed by atoms with Gasteiger partial charge in [-0.05, 0) is 24.3 Å². The summed E-state index contributed by atoms with van der Waals surface area (Å²) in [5, 5.41) is 0.534. The van der Waals surface area contributed by atoms with Crippen LogP contribution in [0.15, 0.2) is 61.1 Å². The van der Waals surface area contributed by atoms with Crippen molar-refractivity contribution < 1.29 is 27.1 Å². The molecule has 2 aromatic heterocycles. The van der Waals surface area contributed by atoms with Crippen LogP contribution in [0.2, 0.25) is 0 Å². The highest BCUT2D eigenvalue weighted by Gasteiger charge is 2.31. The minimum absolute atomic E-state index is 0.280. The summed E-state index contributed by atoms with van der Waals surface area (Å²) < 4.78 is 49.6. The number of halogens is 4. The number of hydrogen-bond acceptors (Lipinski definition) is 5. The molecule has 0 bridgehead atoms. The number of pyridine rings is 1. The zero-order valence-electron chi connectivity index (χ0n) is 14.0. The van der Waals surface area contributed by atoms with Crippen LogP contribution in [0.3, 0.4) is 0 Å². The Bertz CT molecular complexity index is 1170. The molecule has 0 aliphatic rings. The van der Waals surface area contributed by atoms with Gasteiger partial charge in [-0.2, -0.15) is 13.2 Å². The van der Waals surface area contributed by atoms with Gasteiger partial charge in [-0.1, -0.05) is 15.9 Å². The maximum atomic E-state index is 12.7. The van der Waals surface area contributed by atoms with E-state index in [1.165, 1.54) is 0 Å². The fraction of sp³-hybridized carbons (Fsp3) is 0.167. The second kappa shape index (κ2) is 7.63. The van der Waals surface area contributed by atoms with E-state index in [4.69, 9.17) is 9.15 Å². The van der Waals surface area contributed by atoms with E-state index in [0.717, 1.165) is 12.1 Å². The third-order valence-electron chi connectivity index (χ3n) is 3.79. The second-order valence-electron chi connectivity index (χ2n) is 5.77. The number of alkyl halides is 3. The molecule has 3 rings (SSSR count). The molecule has 0 amide bonds. The summed E-state index contributed by atoms with van der Waals surface area (Å²) in [6.45, 7) is -1.01. The zero-order valence-corrected chi connectivity index (χ0v) is 15.5. The van der Waals surface area contributed by atoms with Gasteiger partial charge < -0.3 is 13.7 Å². The Hall–Kier alpha value is -2.88. The third-order valence-corrected chi connectivity index (χ3v) is 4.28. The van der Waals surface area contributed by atoms with Gasteiger partial charge >= 0.3 is 17.8 Å². The molecule has 0 saturated heterocycles. The minimum atomic E-state index is -4.65. The topological polar surface area (TPSA) is 78.5 Å². The molecular formula is C18H11BrF3NO5. The van der Waals surface area contributed by atoms with Crippen molar-refractivity contribution in [2.75, 3.05) is 0 Å². The van der Waals surface area contributed by atoms with E-state index in [-0.39, 0.29) is 12.2 Å². The van der Waals surface area contributed by atoms with E-state index in [9.17, 15) is 27.6 Å². The van der Waals surface area contributed by atoms with E-state index < -0.39 is 35.4 Å². The fourth-order valence-electron chi connectivity index (χ4n) is 2.49. The van der Waals surface area contributed by atoms with Crippen LogP contribution in [0, 0.1) is 0 Å². The number of fused-ring (bicyclic) bond motifs is 1. The van der Waals surface area contributed by atoms with Crippen molar-refractivity contribution in [2.24, 2.45) is 0 Å². The van der Waals surface area contributed by atoms with Crippen molar-refractivity contribution in [3.05, 3.63) is 79.0 Å². The van der Waals surface area contributed by atoms with Gasteiger partial charge in [0.15, 0.2) is 0 Å². The van der Waals surface area contributed by atoms with Crippen LogP contribution in [-0.2, 0) is 28.9 Å². The molecule has 0 radical (unpaired) electrons. The molecular weight excluding hydrogens is 447 g/mol. The lowest BCUT2D eigenvalue weighted by molar-refractivity contribution is -0.146. The van der Waals surface area contributed by atoms with E-state index in [1.54, 1.807) is 18.2 Å². The lowest BCUT2D eigenvalue weighted by Gasteiger charge is -2.11. The van der Waals surface area contributed by atoms with Crippen molar-refractivity contribution in [1.82, 2.24) is 4.57 Å². The first-order valence-corrected chi connectivity index (χ1v) is 8.58. The van der Waals surface area contributed by atoms with Gasteiger partial charge in [0.2, 0.25) is 0 Å². The van der Waals surface area contributed by atoms with Crippen LogP contribution in [0.4, 0.5) is 13.2 Å². The molecule has 1 aromatic carbocycles. The van der Waals surface area contributed by atoms with Crippen molar-refractivity contribution >= 4 is 32.9 Å². The largest absolute Gasteiger partial charge is 0.459 e. The molecule has 0 atom stereocenters. The van der Waals surface area contributed by atoms with Gasteiger partial charge in [0.25, 0.3) is 5.56 Å². The number of hydrogen-bond donors (Lipinski definition) is 0. The van der Waals surface area contributed by atoms with Crippen LogP contribution in [0.1, 0.15) is 11.1 Å². The fourth-order valence-corrected chi connectivity index (χ4v) is 2.83. The number of aromatic nitrogens is 1. The zero-order chi connectivity index (χ0) is 20.5. The number of esters is 1. The molecule has 28 heavy (non-hydrogen) atoms. The molecule has 2 heterocycles. The Kier molecular flexibility index (Phi) is 5.41. The third kappa shape index (κ3) is 4.50. The molecule has 0 N–H and O–H groups in total. The summed E-state index contributed by atoms with van der Waals surface area (Å²) >= 11 is 3.25. The Morgan fingerprint density at radius 3 is 2.61 bits per heavy atom. The van der Waals surface area contributed by atoms with Gasteiger partial charge in [-0.3, -0.25) is 9.59 Å². The minimum Gasteiger partial charge on any atom is -0.459 e. The molecule has 6 nitrogen and oxygen atoms in total. The van der Waals surface area contributed by atoms with Crippen molar-refractivity contribution in [1.29, 1.82) is 0 Å². The standard InChI is InChI=1S/C18H11BrF3NO5/c19-12-2-3-13-10(5-16(25)28-14(13)6-12)9-27-17(26)8-23-7-11(18(20,21)22)1-4-15(23)24/h1-7H,8-9H2. The maximum Gasteiger partial charge on any atom is 0.417 e. The van der Waals surface area contributed by atoms with Crippen molar-refractivity contribution in [2.45, 2.75) is 19.3 Å². The van der Waals surface area contributed by atoms with Gasteiger partial charge in [0.1, 0.15) is 18.7 Å². The highest BCUT2D eigenvalue weighted by molar-refractivity contribution is 9.10. The molecule has 0 aliphatic heterocycles. The Balaban J connectivity index is 1.78. The second-order valence-corrected chi connectivity index (χ2v) is 6.69. The molecule has 0 spiro atoms. The van der Waals surface area contributed by atoms with E-state index >= 15 is 0 Å². The van der Waals surface area contributed by atoms with Crippen LogP contribution < -0.4 is 11.2 Å². The number of carbonyl (C=O) groups is 1. The van der Waals surface area contributed by atoms with Crippen molar-refractivity contribution in [3.63, 3.8) is 0 Å². The molecule has 3 aromatic rings. The van der Waals surface area contributed by atoms with E-state index in [1.807, 2.05) is 0 Å². The SMILES string of the molecule is O=C(Cn1cc(C(F)(F)F)ccc1=O)OCc1cc(=O)oc2cc(Br)ccc12. The van der Waals surface area contributed by atoms with Gasteiger partial charge in [-0.15, -0.1) is 0 Å². The predicted molar refractivity (Wildman–Crippen MR) is 95.7 cm³/mol. The lowest BCUT2D eigenvalue weighted by Crippen LogP contribution is -2.26. The number of ether oxygens (including phenoxy) is 1. The van der Waals surface area contributed by atoms with Crippen LogP contribution in [0.25, 0.3) is 11.0 Å².